The fourth-order valence-corrected chi connectivity index (χ4v) is 24.0. The van der Waals surface area contributed by atoms with Crippen molar-refractivity contribution >= 4 is 16.9 Å². The third-order valence-corrected chi connectivity index (χ3v) is 28.4. The molecule has 0 saturated carbocycles. The molecule has 0 aliphatic carbocycles. The monoisotopic (exact) mass is 1170 g/mol. The molecule has 0 spiro atoms. The molecule has 1 aromatic carbocycles. The summed E-state index contributed by atoms with van der Waals surface area (Å²) in [5, 5.41) is 0. The third kappa shape index (κ3) is 41.4. The summed E-state index contributed by atoms with van der Waals surface area (Å²) in [4.78, 5) is 0.570. The van der Waals surface area contributed by atoms with Crippen LogP contribution in [0.25, 0.3) is 0 Å². The standard InChI is InChI=1S/C76H149O3PS/c1-8-15-22-25-28-31-34-37-40-43-46-49-52-55-58-61-64-73-67-68-76(81(77,78)79-80(69-18-11-4,70-19-12-5,71-20-13-6)72-21-14-7)75(66-63-60-57-54-51-48-45-42-39-36-33-30-27-24-17-10-3)74(73)65-62-59-56-53-50-47-44-41-38-35-32-29-26-23-16-9-2/h67-68H,8-66,69-72H2,1-7H3. The summed E-state index contributed by atoms with van der Waals surface area (Å²) in [5.41, 5.74) is 4.04. The first-order chi connectivity index (χ1) is 39.7. The first kappa shape index (κ1) is 78.6. The molecule has 1 aromatic rings. The van der Waals surface area contributed by atoms with E-state index in [9.17, 15) is 0 Å². The van der Waals surface area contributed by atoms with Gasteiger partial charge in [0.1, 0.15) is 0 Å². The van der Waals surface area contributed by atoms with E-state index in [1.807, 2.05) is 0 Å². The molecule has 3 nitrogen and oxygen atoms in total. The molecule has 0 bridgehead atoms. The second kappa shape index (κ2) is 56.1. The van der Waals surface area contributed by atoms with Crippen molar-refractivity contribution in [3.05, 3.63) is 28.8 Å². The minimum atomic E-state index is -3.99. The SMILES string of the molecule is CCCCCCCCCCCCCCCCCCc1ccc(S(=O)(=O)OP(CCCC)(CCCC)(CCCC)CCCC)c(CCCCCCCCCCCCCCCCCC)c1CCCCCCCCCCCCCCCCCC. The van der Waals surface area contributed by atoms with Gasteiger partial charge < -0.3 is 0 Å². The fraction of sp³-hybridized carbons (Fsp3) is 0.921. The van der Waals surface area contributed by atoms with Crippen LogP contribution in [-0.2, 0) is 33.4 Å². The Kier molecular flexibility index (Phi) is 54.4. The Morgan fingerprint density at radius 3 is 0.716 bits per heavy atom. The van der Waals surface area contributed by atoms with E-state index in [-0.39, 0.29) is 0 Å². The second-order valence-corrected chi connectivity index (χ2v) is 34.5. The van der Waals surface area contributed by atoms with E-state index in [4.69, 9.17) is 3.97 Å². The van der Waals surface area contributed by atoms with E-state index >= 15 is 8.42 Å². The van der Waals surface area contributed by atoms with E-state index in [2.05, 4.69) is 60.6 Å². The number of hydrogen-bond acceptors (Lipinski definition) is 3. The van der Waals surface area contributed by atoms with Crippen molar-refractivity contribution < 1.29 is 12.4 Å². The zero-order valence-corrected chi connectivity index (χ0v) is 58.5. The van der Waals surface area contributed by atoms with Gasteiger partial charge in [0, 0.05) is 0 Å². The predicted molar refractivity (Wildman–Crippen MR) is 370 cm³/mol. The molecule has 0 N–H and O–H groups in total. The van der Waals surface area contributed by atoms with Crippen LogP contribution in [0.3, 0.4) is 0 Å². The summed E-state index contributed by atoms with van der Waals surface area (Å²) in [6.45, 7) is 13.0. The number of rotatable bonds is 66. The van der Waals surface area contributed by atoms with Gasteiger partial charge in [-0.3, -0.25) is 0 Å². The average molecular weight is 1170 g/mol. The van der Waals surface area contributed by atoms with Crippen LogP contribution in [0.2, 0.25) is 0 Å². The second-order valence-electron chi connectivity index (χ2n) is 27.0. The van der Waals surface area contributed by atoms with Crippen molar-refractivity contribution in [3.8, 4) is 0 Å². The maximum absolute atomic E-state index is 15.7. The normalized spacial score (nSPS) is 12.7. The number of unbranched alkanes of at least 4 members (excludes halogenated alkanes) is 49. The van der Waals surface area contributed by atoms with Crippen LogP contribution in [0.4, 0.5) is 0 Å². The number of benzene rings is 1. The summed E-state index contributed by atoms with van der Waals surface area (Å²) >= 11 is 0. The smallest absolute Gasteiger partial charge is 0.0654 e. The van der Waals surface area contributed by atoms with E-state index < -0.39 is 16.9 Å². The summed E-state index contributed by atoms with van der Waals surface area (Å²) < 4.78 is 38.8. The van der Waals surface area contributed by atoms with Gasteiger partial charge in [0.2, 0.25) is 0 Å². The molecule has 0 fully saturated rings. The van der Waals surface area contributed by atoms with Gasteiger partial charge in [-0.1, -0.05) is 213 Å². The van der Waals surface area contributed by atoms with Gasteiger partial charge in [0.05, 0.1) is 0 Å². The quantitative estimate of drug-likeness (QED) is 0.0482. The Morgan fingerprint density at radius 1 is 0.259 bits per heavy atom. The summed E-state index contributed by atoms with van der Waals surface area (Å²) in [6, 6.07) is 4.38. The van der Waals surface area contributed by atoms with E-state index in [1.54, 1.807) is 0 Å². The van der Waals surface area contributed by atoms with Gasteiger partial charge in [-0.2, -0.15) is 0 Å². The molecule has 0 aromatic heterocycles. The third-order valence-electron chi connectivity index (χ3n) is 19.2. The Labute approximate surface area is 512 Å². The first-order valence-corrected chi connectivity index (χ1v) is 42.1. The minimum absolute atomic E-state index is 0.570. The zero-order chi connectivity index (χ0) is 58.9. The Bertz CT molecular complexity index is 1540. The Hall–Kier alpha value is -0.440. The summed E-state index contributed by atoms with van der Waals surface area (Å²) in [5.74, 6) is 0. The molecule has 1 rings (SSSR count). The van der Waals surface area contributed by atoms with E-state index in [1.165, 1.54) is 318 Å². The molecule has 0 saturated heterocycles. The first-order valence-electron chi connectivity index (χ1n) is 37.8. The molecular formula is C76H149O3PS. The fourth-order valence-electron chi connectivity index (χ4n) is 13.7. The topological polar surface area (TPSA) is 43.4 Å². The molecule has 0 heterocycles. The molecule has 0 aliphatic heterocycles. The van der Waals surface area contributed by atoms with Crippen LogP contribution >= 0.6 is 6.83 Å². The molecular weight excluding hydrogens is 1020 g/mol. The molecule has 5 heteroatoms. The minimum Gasteiger partial charge on any atom is -0.0654 e. The van der Waals surface area contributed by atoms with Gasteiger partial charge in [-0.15, -0.1) is 0 Å². The molecule has 0 aliphatic rings. The number of hydrogen-bond donors (Lipinski definition) is 0. The summed E-state index contributed by atoms with van der Waals surface area (Å²) in [6.07, 6.45) is 81.4. The van der Waals surface area contributed by atoms with Gasteiger partial charge in [0.15, 0.2) is 0 Å². The Balaban J connectivity index is 3.30. The Morgan fingerprint density at radius 2 is 0.469 bits per heavy atom. The zero-order valence-electron chi connectivity index (χ0n) is 56.8. The van der Waals surface area contributed by atoms with Crippen LogP contribution < -0.4 is 0 Å². The van der Waals surface area contributed by atoms with Crippen molar-refractivity contribution in [3.63, 3.8) is 0 Å². The van der Waals surface area contributed by atoms with Crippen molar-refractivity contribution in [1.29, 1.82) is 0 Å². The average Bonchev–Trinajstić information content (AvgIpc) is 3.53. The van der Waals surface area contributed by atoms with Gasteiger partial charge in [-0.25, -0.2) is 0 Å². The molecule has 0 atom stereocenters. The van der Waals surface area contributed by atoms with Gasteiger partial charge >= 0.3 is 302 Å². The predicted octanol–water partition coefficient (Wildman–Crippen LogP) is 27.5. The maximum atomic E-state index is 15.7. The van der Waals surface area contributed by atoms with Crippen LogP contribution in [0.5, 0.6) is 0 Å². The van der Waals surface area contributed by atoms with Crippen LogP contribution in [0.1, 0.15) is 425 Å². The molecule has 482 valence electrons. The van der Waals surface area contributed by atoms with E-state index in [0.29, 0.717) is 4.90 Å². The van der Waals surface area contributed by atoms with Crippen molar-refractivity contribution in [2.24, 2.45) is 0 Å². The van der Waals surface area contributed by atoms with E-state index in [0.717, 1.165) is 102 Å². The van der Waals surface area contributed by atoms with Crippen LogP contribution in [-0.4, -0.2) is 33.1 Å². The van der Waals surface area contributed by atoms with Crippen molar-refractivity contribution in [1.82, 2.24) is 0 Å². The van der Waals surface area contributed by atoms with Crippen molar-refractivity contribution in [2.75, 3.05) is 24.6 Å². The molecule has 81 heavy (non-hydrogen) atoms. The van der Waals surface area contributed by atoms with Crippen molar-refractivity contribution in [2.45, 2.75) is 432 Å². The van der Waals surface area contributed by atoms with Crippen LogP contribution in [0, 0.1) is 0 Å². The molecule has 0 radical (unpaired) electrons. The summed E-state index contributed by atoms with van der Waals surface area (Å²) in [7, 11) is -3.99. The molecule has 0 amide bonds. The van der Waals surface area contributed by atoms with Gasteiger partial charge in [-0.05, 0) is 0 Å². The number of aryl methyl sites for hydroxylation is 1. The molecule has 0 unspecified atom stereocenters. The van der Waals surface area contributed by atoms with Crippen LogP contribution in [0.15, 0.2) is 17.0 Å². The van der Waals surface area contributed by atoms with Gasteiger partial charge in [0.25, 0.3) is 0 Å².